The minimum Gasteiger partial charge on any atom is -0.492 e. The Bertz CT molecular complexity index is 782. The topological polar surface area (TPSA) is 67.4 Å². The number of nitrogens with one attached hydrogen (secondary N) is 2. The number of ether oxygens (including phenoxy) is 1. The van der Waals surface area contributed by atoms with Crippen LogP contribution in [0.4, 0.5) is 5.69 Å². The predicted octanol–water partition coefficient (Wildman–Crippen LogP) is 3.19. The largest absolute Gasteiger partial charge is 0.492 e. The number of carbonyl (C=O) groups is 2. The summed E-state index contributed by atoms with van der Waals surface area (Å²) < 4.78 is 5.52. The van der Waals surface area contributed by atoms with Gasteiger partial charge in [-0.1, -0.05) is 17.7 Å². The molecule has 1 heterocycles. The van der Waals surface area contributed by atoms with E-state index >= 15 is 0 Å². The molecule has 5 nitrogen and oxygen atoms in total. The number of thioether (sulfide) groups is 1. The van der Waals surface area contributed by atoms with Gasteiger partial charge in [-0.05, 0) is 36.4 Å². The Morgan fingerprint density at radius 3 is 3.00 bits per heavy atom. The van der Waals surface area contributed by atoms with Gasteiger partial charge < -0.3 is 15.4 Å². The third-order valence-corrected chi connectivity index (χ3v) is 4.64. The van der Waals surface area contributed by atoms with Crippen LogP contribution in [0.2, 0.25) is 5.02 Å². The van der Waals surface area contributed by atoms with Crippen LogP contribution in [0.15, 0.2) is 47.4 Å². The third kappa shape index (κ3) is 4.21. The van der Waals surface area contributed by atoms with E-state index in [1.807, 2.05) is 6.07 Å². The molecule has 2 aromatic carbocycles. The van der Waals surface area contributed by atoms with Crippen molar-refractivity contribution in [2.24, 2.45) is 0 Å². The fourth-order valence-corrected chi connectivity index (χ4v) is 3.19. The molecule has 0 unspecified atom stereocenters. The highest BCUT2D eigenvalue weighted by molar-refractivity contribution is 8.00. The van der Waals surface area contributed by atoms with Gasteiger partial charge in [0.25, 0.3) is 5.91 Å². The molecular weight excluding hydrogens is 348 g/mol. The third-order valence-electron chi connectivity index (χ3n) is 3.33. The Labute approximate surface area is 148 Å². The number of hydrogen-bond acceptors (Lipinski definition) is 4. The zero-order chi connectivity index (χ0) is 16.9. The van der Waals surface area contributed by atoms with E-state index in [-0.39, 0.29) is 11.8 Å². The molecule has 2 aromatic rings. The fourth-order valence-electron chi connectivity index (χ4n) is 2.22. The molecule has 0 spiro atoms. The second-order valence-electron chi connectivity index (χ2n) is 5.11. The van der Waals surface area contributed by atoms with Crippen molar-refractivity contribution in [2.75, 3.05) is 24.2 Å². The molecule has 24 heavy (non-hydrogen) atoms. The van der Waals surface area contributed by atoms with E-state index in [1.54, 1.807) is 36.4 Å². The number of fused-ring (bicyclic) bond motifs is 1. The lowest BCUT2D eigenvalue weighted by atomic mass is 10.2. The van der Waals surface area contributed by atoms with E-state index in [1.165, 1.54) is 11.8 Å². The van der Waals surface area contributed by atoms with Crippen LogP contribution in [0, 0.1) is 0 Å². The summed E-state index contributed by atoms with van der Waals surface area (Å²) in [5.74, 6) is 0.793. The van der Waals surface area contributed by atoms with Crippen LogP contribution >= 0.6 is 23.4 Å². The van der Waals surface area contributed by atoms with Gasteiger partial charge in [-0.2, -0.15) is 0 Å². The van der Waals surface area contributed by atoms with Crippen molar-refractivity contribution in [2.45, 2.75) is 4.90 Å². The Hall–Kier alpha value is -2.18. The van der Waals surface area contributed by atoms with Crippen LogP contribution in [0.3, 0.4) is 0 Å². The fraction of sp³-hybridized carbons (Fsp3) is 0.176. The molecule has 0 aromatic heterocycles. The monoisotopic (exact) mass is 362 g/mol. The number of halogens is 1. The van der Waals surface area contributed by atoms with Crippen LogP contribution in [-0.4, -0.2) is 30.7 Å². The summed E-state index contributed by atoms with van der Waals surface area (Å²) in [5.41, 5.74) is 1.18. The minimum atomic E-state index is -0.211. The lowest BCUT2D eigenvalue weighted by Crippen LogP contribution is -2.28. The summed E-state index contributed by atoms with van der Waals surface area (Å²) in [7, 11) is 0. The average molecular weight is 363 g/mol. The predicted molar refractivity (Wildman–Crippen MR) is 95.1 cm³/mol. The van der Waals surface area contributed by atoms with Crippen molar-refractivity contribution in [1.29, 1.82) is 0 Å². The van der Waals surface area contributed by atoms with Crippen molar-refractivity contribution in [3.05, 3.63) is 53.1 Å². The molecule has 3 rings (SSSR count). The van der Waals surface area contributed by atoms with Crippen molar-refractivity contribution in [1.82, 2.24) is 5.32 Å². The maximum atomic E-state index is 12.2. The van der Waals surface area contributed by atoms with E-state index in [0.717, 1.165) is 4.90 Å². The highest BCUT2D eigenvalue weighted by Gasteiger charge is 2.17. The van der Waals surface area contributed by atoms with Crippen LogP contribution in [0.1, 0.15) is 10.4 Å². The molecule has 0 fully saturated rings. The maximum absolute atomic E-state index is 12.2. The molecule has 0 bridgehead atoms. The summed E-state index contributed by atoms with van der Waals surface area (Å²) >= 11 is 7.34. The number of rotatable bonds is 5. The lowest BCUT2D eigenvalue weighted by Gasteiger charge is -2.17. The van der Waals surface area contributed by atoms with Gasteiger partial charge in [-0.3, -0.25) is 9.59 Å². The Morgan fingerprint density at radius 2 is 2.17 bits per heavy atom. The van der Waals surface area contributed by atoms with Crippen LogP contribution in [0.5, 0.6) is 5.75 Å². The molecule has 1 aliphatic rings. The summed E-state index contributed by atoms with van der Waals surface area (Å²) in [6.07, 6.45) is 0. The first-order valence-electron chi connectivity index (χ1n) is 7.35. The average Bonchev–Trinajstić information content (AvgIpc) is 2.58. The van der Waals surface area contributed by atoms with Crippen LogP contribution in [0.25, 0.3) is 0 Å². The molecule has 0 atom stereocenters. The van der Waals surface area contributed by atoms with Gasteiger partial charge in [-0.15, -0.1) is 11.8 Å². The number of anilines is 1. The molecule has 0 radical (unpaired) electrons. The van der Waals surface area contributed by atoms with Crippen molar-refractivity contribution < 1.29 is 14.3 Å². The molecule has 7 heteroatoms. The van der Waals surface area contributed by atoms with Crippen molar-refractivity contribution in [3.63, 3.8) is 0 Å². The second-order valence-corrected chi connectivity index (χ2v) is 6.56. The molecule has 2 N–H and O–H groups in total. The number of amides is 2. The zero-order valence-corrected chi connectivity index (χ0v) is 14.2. The molecule has 0 saturated heterocycles. The Balaban J connectivity index is 1.52. The summed E-state index contributed by atoms with van der Waals surface area (Å²) in [4.78, 5) is 24.6. The SMILES string of the molecule is O=C1CSc2ccc(C(=O)NCCOc3cccc(Cl)c3)cc2N1. The highest BCUT2D eigenvalue weighted by Crippen LogP contribution is 2.31. The van der Waals surface area contributed by atoms with E-state index in [2.05, 4.69) is 10.6 Å². The molecule has 1 aliphatic heterocycles. The number of benzene rings is 2. The van der Waals surface area contributed by atoms with Gasteiger partial charge in [0, 0.05) is 15.5 Å². The normalized spacial score (nSPS) is 13.0. The number of carbonyl (C=O) groups excluding carboxylic acids is 2. The van der Waals surface area contributed by atoms with E-state index < -0.39 is 0 Å². The van der Waals surface area contributed by atoms with Gasteiger partial charge in [0.1, 0.15) is 12.4 Å². The Morgan fingerprint density at radius 1 is 1.29 bits per heavy atom. The van der Waals surface area contributed by atoms with Crippen molar-refractivity contribution >= 4 is 40.9 Å². The van der Waals surface area contributed by atoms with Crippen LogP contribution in [-0.2, 0) is 4.79 Å². The summed E-state index contributed by atoms with van der Waals surface area (Å²) in [6, 6.07) is 12.4. The van der Waals surface area contributed by atoms with E-state index in [0.29, 0.717) is 40.9 Å². The minimum absolute atomic E-state index is 0.0556. The molecule has 0 saturated carbocycles. The smallest absolute Gasteiger partial charge is 0.251 e. The zero-order valence-electron chi connectivity index (χ0n) is 12.7. The summed E-state index contributed by atoms with van der Waals surface area (Å²) in [5, 5.41) is 6.16. The molecular formula is C17H15ClN2O3S. The highest BCUT2D eigenvalue weighted by atomic mass is 35.5. The van der Waals surface area contributed by atoms with Crippen LogP contribution < -0.4 is 15.4 Å². The second kappa shape index (κ2) is 7.59. The standard InChI is InChI=1S/C17H15ClN2O3S/c18-12-2-1-3-13(9-12)23-7-6-19-17(22)11-4-5-15-14(8-11)20-16(21)10-24-15/h1-5,8-9H,6-7,10H2,(H,19,22)(H,20,21). The summed E-state index contributed by atoms with van der Waals surface area (Å²) in [6.45, 7) is 0.702. The molecule has 2 amide bonds. The van der Waals surface area contributed by atoms with Gasteiger partial charge in [0.05, 0.1) is 18.0 Å². The first-order chi connectivity index (χ1) is 11.6. The first-order valence-corrected chi connectivity index (χ1v) is 8.71. The maximum Gasteiger partial charge on any atom is 0.251 e. The van der Waals surface area contributed by atoms with E-state index in [4.69, 9.17) is 16.3 Å². The molecule has 0 aliphatic carbocycles. The first kappa shape index (κ1) is 16.7. The van der Waals surface area contributed by atoms with Crippen molar-refractivity contribution in [3.8, 4) is 5.75 Å². The van der Waals surface area contributed by atoms with Gasteiger partial charge in [0.15, 0.2) is 0 Å². The quantitative estimate of drug-likeness (QED) is 0.801. The number of hydrogen-bond donors (Lipinski definition) is 2. The lowest BCUT2D eigenvalue weighted by molar-refractivity contribution is -0.113. The van der Waals surface area contributed by atoms with E-state index in [9.17, 15) is 9.59 Å². The molecule has 124 valence electrons. The van der Waals surface area contributed by atoms with Gasteiger partial charge >= 0.3 is 0 Å². The Kier molecular flexibility index (Phi) is 5.27. The van der Waals surface area contributed by atoms with Gasteiger partial charge in [-0.25, -0.2) is 0 Å². The van der Waals surface area contributed by atoms with Gasteiger partial charge in [0.2, 0.25) is 5.91 Å².